The Morgan fingerprint density at radius 3 is 2.93 bits per heavy atom. The fraction of sp³-hybridized carbons (Fsp3) is 0.455. The van der Waals surface area contributed by atoms with Gasteiger partial charge in [0.05, 0.1) is 0 Å². The van der Waals surface area contributed by atoms with E-state index < -0.39 is 0 Å². The summed E-state index contributed by atoms with van der Waals surface area (Å²) in [5.41, 5.74) is 1.10. The summed E-state index contributed by atoms with van der Waals surface area (Å²) >= 11 is 0. The zero-order valence-electron chi connectivity index (χ0n) is 8.00. The maximum Gasteiger partial charge on any atom is 0.123 e. The van der Waals surface area contributed by atoms with E-state index in [9.17, 15) is 4.39 Å². The summed E-state index contributed by atoms with van der Waals surface area (Å²) in [7, 11) is 0. The van der Waals surface area contributed by atoms with Crippen molar-refractivity contribution < 1.29 is 4.39 Å². The van der Waals surface area contributed by atoms with Crippen LogP contribution in [-0.2, 0) is 6.42 Å². The predicted octanol–water partition coefficient (Wildman–Crippen LogP) is 2.54. The van der Waals surface area contributed by atoms with Gasteiger partial charge in [0.1, 0.15) is 5.82 Å². The van der Waals surface area contributed by atoms with E-state index in [1.165, 1.54) is 18.9 Å². The van der Waals surface area contributed by atoms with Gasteiger partial charge in [0.25, 0.3) is 0 Å². The van der Waals surface area contributed by atoms with Gasteiger partial charge >= 0.3 is 0 Å². The summed E-state index contributed by atoms with van der Waals surface area (Å²) in [4.78, 5) is 0. The van der Waals surface area contributed by atoms with E-state index in [-0.39, 0.29) is 18.2 Å². The molecule has 3 heteroatoms. The molecule has 1 saturated heterocycles. The van der Waals surface area contributed by atoms with E-state index in [0.717, 1.165) is 18.5 Å². The van der Waals surface area contributed by atoms with Gasteiger partial charge in [-0.2, -0.15) is 0 Å². The first-order valence-electron chi connectivity index (χ1n) is 4.82. The van der Waals surface area contributed by atoms with Crippen molar-refractivity contribution in [3.63, 3.8) is 0 Å². The lowest BCUT2D eigenvalue weighted by molar-refractivity contribution is 0.593. The minimum atomic E-state index is -0.129. The first-order valence-corrected chi connectivity index (χ1v) is 4.82. The Morgan fingerprint density at radius 2 is 2.29 bits per heavy atom. The van der Waals surface area contributed by atoms with Crippen LogP contribution < -0.4 is 5.32 Å². The smallest absolute Gasteiger partial charge is 0.123 e. The van der Waals surface area contributed by atoms with Crippen LogP contribution in [-0.4, -0.2) is 12.6 Å². The molecule has 0 aliphatic carbocycles. The van der Waals surface area contributed by atoms with Crippen molar-refractivity contribution in [2.24, 2.45) is 0 Å². The van der Waals surface area contributed by atoms with Gasteiger partial charge in [-0.3, -0.25) is 0 Å². The predicted molar refractivity (Wildman–Crippen MR) is 58.4 cm³/mol. The van der Waals surface area contributed by atoms with Crippen molar-refractivity contribution in [2.45, 2.75) is 25.3 Å². The van der Waals surface area contributed by atoms with Crippen molar-refractivity contribution >= 4 is 12.4 Å². The van der Waals surface area contributed by atoms with Gasteiger partial charge < -0.3 is 5.32 Å². The highest BCUT2D eigenvalue weighted by Crippen LogP contribution is 2.12. The van der Waals surface area contributed by atoms with E-state index in [0.29, 0.717) is 6.04 Å². The van der Waals surface area contributed by atoms with E-state index in [4.69, 9.17) is 0 Å². The quantitative estimate of drug-likeness (QED) is 0.800. The molecule has 0 aromatic heterocycles. The summed E-state index contributed by atoms with van der Waals surface area (Å²) in [5, 5.41) is 3.40. The zero-order valence-corrected chi connectivity index (χ0v) is 8.82. The minimum absolute atomic E-state index is 0. The van der Waals surface area contributed by atoms with Crippen LogP contribution in [0, 0.1) is 5.82 Å². The molecule has 1 atom stereocenters. The van der Waals surface area contributed by atoms with Gasteiger partial charge in [0.2, 0.25) is 0 Å². The highest BCUT2D eigenvalue weighted by molar-refractivity contribution is 5.85. The molecule has 1 N–H and O–H groups in total. The summed E-state index contributed by atoms with van der Waals surface area (Å²) in [5.74, 6) is -0.129. The van der Waals surface area contributed by atoms with Crippen molar-refractivity contribution in [3.8, 4) is 0 Å². The van der Waals surface area contributed by atoms with Gasteiger partial charge in [-0.15, -0.1) is 12.4 Å². The Hall–Kier alpha value is -0.600. The monoisotopic (exact) mass is 215 g/mol. The molecule has 1 aromatic rings. The van der Waals surface area contributed by atoms with Crippen molar-refractivity contribution in [3.05, 3.63) is 35.6 Å². The lowest BCUT2D eigenvalue weighted by Gasteiger charge is -2.09. The Morgan fingerprint density at radius 1 is 1.43 bits per heavy atom. The Bertz CT molecular complexity index is 284. The lowest BCUT2D eigenvalue weighted by Crippen LogP contribution is -2.23. The summed E-state index contributed by atoms with van der Waals surface area (Å²) in [6.45, 7) is 1.11. The highest BCUT2D eigenvalue weighted by atomic mass is 35.5. The molecule has 78 valence electrons. The average molecular weight is 216 g/mol. The molecule has 1 aromatic carbocycles. The number of halogens is 2. The highest BCUT2D eigenvalue weighted by Gasteiger charge is 2.14. The molecule has 1 unspecified atom stereocenters. The maximum atomic E-state index is 12.8. The number of hydrogen-bond acceptors (Lipinski definition) is 1. The first-order chi connectivity index (χ1) is 6.34. The molecule has 1 fully saturated rings. The molecule has 1 heterocycles. The second-order valence-corrected chi connectivity index (χ2v) is 3.63. The van der Waals surface area contributed by atoms with Gasteiger partial charge in [0.15, 0.2) is 0 Å². The van der Waals surface area contributed by atoms with Crippen LogP contribution in [0.3, 0.4) is 0 Å². The number of nitrogens with one attached hydrogen (secondary N) is 1. The SMILES string of the molecule is Cl.Fc1cccc(CC2CCCN2)c1. The molecular weight excluding hydrogens is 201 g/mol. The molecule has 2 rings (SSSR count). The van der Waals surface area contributed by atoms with Crippen LogP contribution in [0.15, 0.2) is 24.3 Å². The maximum absolute atomic E-state index is 12.8. The third kappa shape index (κ3) is 2.96. The molecule has 14 heavy (non-hydrogen) atoms. The summed E-state index contributed by atoms with van der Waals surface area (Å²) < 4.78 is 12.8. The average Bonchev–Trinajstić information content (AvgIpc) is 2.57. The van der Waals surface area contributed by atoms with E-state index in [1.54, 1.807) is 12.1 Å². The van der Waals surface area contributed by atoms with E-state index >= 15 is 0 Å². The molecule has 1 aliphatic rings. The topological polar surface area (TPSA) is 12.0 Å². The zero-order chi connectivity index (χ0) is 9.10. The standard InChI is InChI=1S/C11H14FN.ClH/c12-10-4-1-3-9(7-10)8-11-5-2-6-13-11;/h1,3-4,7,11,13H,2,5-6,8H2;1H. The van der Waals surface area contributed by atoms with E-state index in [1.807, 2.05) is 6.07 Å². The first kappa shape index (κ1) is 11.5. The fourth-order valence-electron chi connectivity index (χ4n) is 1.88. The lowest BCUT2D eigenvalue weighted by atomic mass is 10.0. The Balaban J connectivity index is 0.000000980. The van der Waals surface area contributed by atoms with Crippen LogP contribution in [0.1, 0.15) is 18.4 Å². The Kier molecular flexibility index (Phi) is 4.36. The van der Waals surface area contributed by atoms with Crippen LogP contribution >= 0.6 is 12.4 Å². The van der Waals surface area contributed by atoms with Crippen LogP contribution in [0.4, 0.5) is 4.39 Å². The number of hydrogen-bond donors (Lipinski definition) is 1. The molecule has 0 saturated carbocycles. The summed E-state index contributed by atoms with van der Waals surface area (Å²) in [6, 6.07) is 7.44. The molecule has 1 nitrogen and oxygen atoms in total. The van der Waals surface area contributed by atoms with Crippen LogP contribution in [0.5, 0.6) is 0 Å². The van der Waals surface area contributed by atoms with Crippen LogP contribution in [0.25, 0.3) is 0 Å². The number of benzene rings is 1. The molecule has 1 aliphatic heterocycles. The third-order valence-electron chi connectivity index (χ3n) is 2.53. The van der Waals surface area contributed by atoms with Crippen molar-refractivity contribution in [2.75, 3.05) is 6.54 Å². The second kappa shape index (κ2) is 5.32. The molecular formula is C11H15ClFN. The second-order valence-electron chi connectivity index (χ2n) is 3.63. The van der Waals surface area contributed by atoms with E-state index in [2.05, 4.69) is 5.32 Å². The van der Waals surface area contributed by atoms with Crippen molar-refractivity contribution in [1.82, 2.24) is 5.32 Å². The largest absolute Gasteiger partial charge is 0.314 e. The molecule has 0 radical (unpaired) electrons. The third-order valence-corrected chi connectivity index (χ3v) is 2.53. The molecule has 0 amide bonds. The Labute approximate surface area is 90.1 Å². The van der Waals surface area contributed by atoms with Gasteiger partial charge in [-0.1, -0.05) is 12.1 Å². The summed E-state index contributed by atoms with van der Waals surface area (Å²) in [6.07, 6.45) is 3.42. The van der Waals surface area contributed by atoms with Crippen LogP contribution in [0.2, 0.25) is 0 Å². The van der Waals surface area contributed by atoms with Gasteiger partial charge in [0, 0.05) is 6.04 Å². The molecule has 0 spiro atoms. The van der Waals surface area contributed by atoms with Crippen molar-refractivity contribution in [1.29, 1.82) is 0 Å². The molecule has 0 bridgehead atoms. The fourth-order valence-corrected chi connectivity index (χ4v) is 1.88. The van der Waals surface area contributed by atoms with Gasteiger partial charge in [-0.25, -0.2) is 4.39 Å². The van der Waals surface area contributed by atoms with Gasteiger partial charge in [-0.05, 0) is 43.5 Å². The normalized spacial score (nSPS) is 20.5. The minimum Gasteiger partial charge on any atom is -0.314 e. The number of rotatable bonds is 2.